The molecular weight excluding hydrogens is 515 g/mol. The van der Waals surface area contributed by atoms with Gasteiger partial charge in [0.15, 0.2) is 5.78 Å². The van der Waals surface area contributed by atoms with E-state index in [1.54, 1.807) is 12.1 Å². The van der Waals surface area contributed by atoms with Crippen molar-refractivity contribution in [2.24, 2.45) is 0 Å². The van der Waals surface area contributed by atoms with E-state index in [9.17, 15) is 32.3 Å². The molecule has 0 spiro atoms. The lowest BCUT2D eigenvalue weighted by molar-refractivity contribution is -0.139. The fraction of sp³-hybridized carbons (Fsp3) is 0.227. The summed E-state index contributed by atoms with van der Waals surface area (Å²) in [6.45, 7) is -0.153. The Hall–Kier alpha value is -3.62. The normalized spacial score (nSPS) is 12.1. The van der Waals surface area contributed by atoms with E-state index in [1.165, 1.54) is 36.2 Å². The second kappa shape index (κ2) is 12.4. The molecule has 14 heteroatoms. The van der Waals surface area contributed by atoms with Crippen LogP contribution in [0.5, 0.6) is 0 Å². The van der Waals surface area contributed by atoms with E-state index < -0.39 is 40.1 Å². The minimum atomic E-state index is -4.06. The lowest BCUT2D eigenvalue weighted by Gasteiger charge is -2.16. The van der Waals surface area contributed by atoms with Crippen LogP contribution in [0.25, 0.3) is 0 Å². The van der Waals surface area contributed by atoms with E-state index >= 15 is 0 Å². The zero-order valence-corrected chi connectivity index (χ0v) is 20.2. The maximum Gasteiger partial charge on any atom is 0.305 e. The predicted molar refractivity (Wildman–Crippen MR) is 126 cm³/mol. The number of amides is 1. The highest BCUT2D eigenvalue weighted by Gasteiger charge is 2.25. The average molecular weight is 537 g/mol. The molecule has 3 N–H and O–H groups in total. The third-order valence-electron chi connectivity index (χ3n) is 4.72. The molecule has 0 radical (unpaired) electrons. The summed E-state index contributed by atoms with van der Waals surface area (Å²) in [5.74, 6) is -2.81. The highest BCUT2D eigenvalue weighted by molar-refractivity contribution is 7.99. The molecule has 0 saturated heterocycles. The number of aromatic nitrogens is 2. The van der Waals surface area contributed by atoms with Crippen LogP contribution in [0.2, 0.25) is 0 Å². The van der Waals surface area contributed by atoms with Gasteiger partial charge in [0.05, 0.1) is 36.0 Å². The van der Waals surface area contributed by atoms with Crippen molar-refractivity contribution in [1.29, 1.82) is 0 Å². The van der Waals surface area contributed by atoms with Gasteiger partial charge in [-0.25, -0.2) is 17.5 Å². The minimum Gasteiger partial charge on any atom is -0.481 e. The molecule has 1 aromatic carbocycles. The van der Waals surface area contributed by atoms with E-state index in [0.29, 0.717) is 11.4 Å². The Kier molecular flexibility index (Phi) is 9.27. The monoisotopic (exact) mass is 536 g/mol. The highest BCUT2D eigenvalue weighted by atomic mass is 32.2. The molecule has 1 atom stereocenters. The zero-order valence-electron chi connectivity index (χ0n) is 18.6. The summed E-state index contributed by atoms with van der Waals surface area (Å²) < 4.78 is 45.0. The maximum absolute atomic E-state index is 13.0. The van der Waals surface area contributed by atoms with Crippen molar-refractivity contribution in [1.82, 2.24) is 20.2 Å². The number of ketones is 1. The number of carboxylic acids is 1. The molecule has 0 aliphatic heterocycles. The van der Waals surface area contributed by atoms with E-state index in [0.717, 1.165) is 24.0 Å². The number of aliphatic carboxylic acids is 1. The van der Waals surface area contributed by atoms with Gasteiger partial charge in [0.1, 0.15) is 17.0 Å². The second-order valence-corrected chi connectivity index (χ2v) is 10.2. The standard InChI is InChI=1S/C22H21FN4O7S2/c23-16-3-1-14(2-4-16)12-35-13-20(28)19(8-21(29)30)26-22(31)15-7-18(11-24-9-15)36(32,33)25-10-17-5-6-34-27-17/h1-7,9,11,19,25H,8,10,12-13H2,(H,26,31)(H,29,30)/t19-/m0/s1. The molecule has 0 bridgehead atoms. The van der Waals surface area contributed by atoms with Crippen molar-refractivity contribution in [3.8, 4) is 0 Å². The van der Waals surface area contributed by atoms with Gasteiger partial charge < -0.3 is 14.9 Å². The van der Waals surface area contributed by atoms with Gasteiger partial charge in [-0.05, 0) is 23.8 Å². The largest absolute Gasteiger partial charge is 0.481 e. The summed E-state index contributed by atoms with van der Waals surface area (Å²) in [5.41, 5.74) is 0.934. The Morgan fingerprint density at radius 1 is 1.14 bits per heavy atom. The molecule has 190 valence electrons. The zero-order chi connectivity index (χ0) is 26.1. The van der Waals surface area contributed by atoms with Crippen molar-refractivity contribution in [2.45, 2.75) is 29.7 Å². The van der Waals surface area contributed by atoms with Gasteiger partial charge in [-0.2, -0.15) is 0 Å². The molecule has 3 rings (SSSR count). The molecule has 2 heterocycles. The lowest BCUT2D eigenvalue weighted by Crippen LogP contribution is -2.43. The van der Waals surface area contributed by atoms with Gasteiger partial charge in [0.2, 0.25) is 10.0 Å². The lowest BCUT2D eigenvalue weighted by atomic mass is 10.1. The van der Waals surface area contributed by atoms with Crippen LogP contribution < -0.4 is 10.0 Å². The van der Waals surface area contributed by atoms with Crippen LogP contribution in [-0.4, -0.2) is 53.1 Å². The van der Waals surface area contributed by atoms with Crippen molar-refractivity contribution >= 4 is 39.4 Å². The highest BCUT2D eigenvalue weighted by Crippen LogP contribution is 2.15. The fourth-order valence-corrected chi connectivity index (χ4v) is 4.80. The number of carboxylic acid groups (broad SMARTS) is 1. The molecule has 0 fully saturated rings. The summed E-state index contributed by atoms with van der Waals surface area (Å²) in [5, 5.41) is 15.1. The van der Waals surface area contributed by atoms with Gasteiger partial charge in [-0.15, -0.1) is 11.8 Å². The number of thioether (sulfide) groups is 1. The van der Waals surface area contributed by atoms with Crippen LogP contribution in [0.15, 0.2) is 64.5 Å². The quantitative estimate of drug-likeness (QED) is 0.293. The number of nitrogens with one attached hydrogen (secondary N) is 2. The Labute approximate surface area is 209 Å². The molecule has 1 amide bonds. The number of sulfonamides is 1. The van der Waals surface area contributed by atoms with E-state index in [-0.39, 0.29) is 28.6 Å². The molecule has 36 heavy (non-hydrogen) atoms. The van der Waals surface area contributed by atoms with Gasteiger partial charge >= 0.3 is 5.97 Å². The van der Waals surface area contributed by atoms with Crippen LogP contribution in [0, 0.1) is 5.82 Å². The number of hydrogen-bond acceptors (Lipinski definition) is 9. The SMILES string of the molecule is O=C(O)C[C@H](NC(=O)c1cncc(S(=O)(=O)NCc2ccon2)c1)C(=O)CSCc1ccc(F)cc1. The van der Waals surface area contributed by atoms with E-state index in [1.807, 2.05) is 0 Å². The Balaban J connectivity index is 1.63. The van der Waals surface area contributed by atoms with Crippen LogP contribution in [0.1, 0.15) is 28.0 Å². The van der Waals surface area contributed by atoms with Crippen LogP contribution in [0.4, 0.5) is 4.39 Å². The number of carbonyl (C=O) groups is 3. The first kappa shape index (κ1) is 27.0. The first-order valence-corrected chi connectivity index (χ1v) is 13.0. The average Bonchev–Trinajstić information content (AvgIpc) is 3.37. The predicted octanol–water partition coefficient (Wildman–Crippen LogP) is 1.76. The van der Waals surface area contributed by atoms with Crippen LogP contribution in [-0.2, 0) is 31.9 Å². The third kappa shape index (κ3) is 7.96. The van der Waals surface area contributed by atoms with Gasteiger partial charge in [-0.3, -0.25) is 19.4 Å². The summed E-state index contributed by atoms with van der Waals surface area (Å²) >= 11 is 1.18. The van der Waals surface area contributed by atoms with Gasteiger partial charge in [-0.1, -0.05) is 17.3 Å². The molecule has 0 aliphatic carbocycles. The van der Waals surface area contributed by atoms with Crippen LogP contribution in [0.3, 0.4) is 0 Å². The molecular formula is C22H21FN4O7S2. The summed E-state index contributed by atoms with van der Waals surface area (Å²) in [7, 11) is -4.06. The number of pyridine rings is 1. The van der Waals surface area contributed by atoms with Crippen LogP contribution >= 0.6 is 11.8 Å². The van der Waals surface area contributed by atoms with E-state index in [2.05, 4.69) is 24.7 Å². The van der Waals surface area contributed by atoms with Crippen molar-refractivity contribution in [3.05, 3.63) is 77.7 Å². The molecule has 11 nitrogen and oxygen atoms in total. The number of rotatable bonds is 13. The Bertz CT molecular complexity index is 1320. The van der Waals surface area contributed by atoms with Gasteiger partial charge in [0, 0.05) is 24.2 Å². The fourth-order valence-electron chi connectivity index (χ4n) is 2.88. The summed E-state index contributed by atoms with van der Waals surface area (Å²) in [6.07, 6.45) is 2.75. The molecule has 0 aliphatic rings. The number of hydrogen-bond donors (Lipinski definition) is 3. The molecule has 0 saturated carbocycles. The van der Waals surface area contributed by atoms with Crippen molar-refractivity contribution in [2.75, 3.05) is 5.75 Å². The van der Waals surface area contributed by atoms with E-state index in [4.69, 9.17) is 0 Å². The number of nitrogens with zero attached hydrogens (tertiary/aromatic N) is 2. The Morgan fingerprint density at radius 3 is 2.56 bits per heavy atom. The smallest absolute Gasteiger partial charge is 0.305 e. The number of Topliss-reactive ketones (excluding diaryl/α,β-unsaturated/α-hetero) is 1. The topological polar surface area (TPSA) is 169 Å². The molecule has 2 aromatic heterocycles. The number of carbonyl (C=O) groups excluding carboxylic acids is 2. The summed E-state index contributed by atoms with van der Waals surface area (Å²) in [4.78, 5) is 40.1. The maximum atomic E-state index is 13.0. The molecule has 3 aromatic rings. The second-order valence-electron chi connectivity index (χ2n) is 7.43. The van der Waals surface area contributed by atoms with Gasteiger partial charge in [0.25, 0.3) is 5.91 Å². The molecule has 0 unspecified atom stereocenters. The minimum absolute atomic E-state index is 0.103. The van der Waals surface area contributed by atoms with Crippen molar-refractivity contribution < 1.29 is 36.8 Å². The number of benzene rings is 1. The third-order valence-corrected chi connectivity index (χ3v) is 7.11. The first-order valence-electron chi connectivity index (χ1n) is 10.4. The summed E-state index contributed by atoms with van der Waals surface area (Å²) in [6, 6.07) is 6.90. The Morgan fingerprint density at radius 2 is 1.89 bits per heavy atom. The number of halogens is 1. The first-order chi connectivity index (χ1) is 17.1. The van der Waals surface area contributed by atoms with Crippen molar-refractivity contribution in [3.63, 3.8) is 0 Å².